The van der Waals surface area contributed by atoms with Crippen molar-refractivity contribution >= 4 is 39.9 Å². The third kappa shape index (κ3) is 4.15. The molecule has 2 amide bonds. The molecule has 32 heavy (non-hydrogen) atoms. The first-order valence-electron chi connectivity index (χ1n) is 9.88. The Morgan fingerprint density at radius 2 is 1.78 bits per heavy atom. The molecule has 1 aromatic heterocycles. The highest BCUT2D eigenvalue weighted by Crippen LogP contribution is 2.23. The van der Waals surface area contributed by atoms with Crippen LogP contribution in [0.4, 0.5) is 16.2 Å². The quantitative estimate of drug-likeness (QED) is 0.443. The number of halogens is 1. The van der Waals surface area contributed by atoms with Gasteiger partial charge in [-0.2, -0.15) is 0 Å². The van der Waals surface area contributed by atoms with E-state index in [2.05, 4.69) is 15.6 Å². The van der Waals surface area contributed by atoms with Crippen LogP contribution in [0.5, 0.6) is 5.75 Å². The van der Waals surface area contributed by atoms with Gasteiger partial charge in [-0.3, -0.25) is 9.36 Å². The second-order valence-electron chi connectivity index (χ2n) is 7.22. The van der Waals surface area contributed by atoms with Gasteiger partial charge in [0.05, 0.1) is 23.7 Å². The van der Waals surface area contributed by atoms with E-state index >= 15 is 0 Å². The number of fused-ring (bicyclic) bond motifs is 1. The average Bonchev–Trinajstić information content (AvgIpc) is 2.78. The summed E-state index contributed by atoms with van der Waals surface area (Å²) in [6.07, 6.45) is 0. The highest BCUT2D eigenvalue weighted by atomic mass is 35.5. The van der Waals surface area contributed by atoms with Crippen molar-refractivity contribution in [2.75, 3.05) is 17.7 Å². The van der Waals surface area contributed by atoms with E-state index in [9.17, 15) is 9.59 Å². The van der Waals surface area contributed by atoms with E-state index in [4.69, 9.17) is 16.3 Å². The molecule has 0 aliphatic carbocycles. The number of aryl methyl sites for hydroxylation is 1. The number of carbonyl (C=O) groups is 1. The Bertz CT molecular complexity index is 1380. The van der Waals surface area contributed by atoms with E-state index in [1.807, 2.05) is 6.92 Å². The van der Waals surface area contributed by atoms with Crippen molar-refractivity contribution in [3.05, 3.63) is 87.4 Å². The predicted octanol–water partition coefficient (Wildman–Crippen LogP) is 5.31. The minimum Gasteiger partial charge on any atom is -0.497 e. The van der Waals surface area contributed by atoms with Crippen molar-refractivity contribution in [2.45, 2.75) is 13.8 Å². The summed E-state index contributed by atoms with van der Waals surface area (Å²) in [6.45, 7) is 3.60. The molecule has 0 aliphatic heterocycles. The number of nitrogens with zero attached hydrogens (tertiary/aromatic N) is 2. The molecule has 162 valence electrons. The fraction of sp³-hybridized carbons (Fsp3) is 0.125. The van der Waals surface area contributed by atoms with E-state index in [0.717, 1.165) is 5.56 Å². The number of carbonyl (C=O) groups excluding carboxylic acids is 1. The van der Waals surface area contributed by atoms with Crippen molar-refractivity contribution in [3.8, 4) is 11.4 Å². The molecule has 0 radical (unpaired) electrons. The molecule has 0 fully saturated rings. The molecule has 0 atom stereocenters. The van der Waals surface area contributed by atoms with Crippen LogP contribution in [0.25, 0.3) is 16.6 Å². The molecule has 0 saturated heterocycles. The Balaban J connectivity index is 1.66. The summed E-state index contributed by atoms with van der Waals surface area (Å²) in [5.41, 5.74) is 2.84. The monoisotopic (exact) mass is 448 g/mol. The summed E-state index contributed by atoms with van der Waals surface area (Å²) in [6, 6.07) is 17.0. The van der Waals surface area contributed by atoms with Gasteiger partial charge in [-0.05, 0) is 74.0 Å². The fourth-order valence-corrected chi connectivity index (χ4v) is 3.61. The van der Waals surface area contributed by atoms with Crippen molar-refractivity contribution < 1.29 is 9.53 Å². The minimum atomic E-state index is -0.440. The second-order valence-corrected chi connectivity index (χ2v) is 7.63. The minimum absolute atomic E-state index is 0.229. The predicted molar refractivity (Wildman–Crippen MR) is 127 cm³/mol. The third-order valence-corrected chi connectivity index (χ3v) is 5.55. The van der Waals surface area contributed by atoms with Gasteiger partial charge in [-0.25, -0.2) is 9.78 Å². The first kappa shape index (κ1) is 21.4. The maximum atomic E-state index is 13.3. The van der Waals surface area contributed by atoms with E-state index in [1.54, 1.807) is 74.7 Å². The highest BCUT2D eigenvalue weighted by molar-refractivity contribution is 6.31. The lowest BCUT2D eigenvalue weighted by Gasteiger charge is -2.13. The lowest BCUT2D eigenvalue weighted by molar-refractivity contribution is 0.262. The van der Waals surface area contributed by atoms with Crippen LogP contribution < -0.4 is 20.9 Å². The number of ether oxygens (including phenoxy) is 1. The zero-order valence-electron chi connectivity index (χ0n) is 17.8. The average molecular weight is 449 g/mol. The fourth-order valence-electron chi connectivity index (χ4n) is 3.44. The van der Waals surface area contributed by atoms with Crippen molar-refractivity contribution in [3.63, 3.8) is 0 Å². The number of nitrogens with one attached hydrogen (secondary N) is 2. The van der Waals surface area contributed by atoms with Gasteiger partial charge in [0.15, 0.2) is 0 Å². The Morgan fingerprint density at radius 3 is 2.50 bits per heavy atom. The molecule has 0 saturated carbocycles. The topological polar surface area (TPSA) is 85.2 Å². The van der Waals surface area contributed by atoms with Crippen molar-refractivity contribution in [1.29, 1.82) is 0 Å². The standard InChI is InChI=1S/C24H21ClN4O3/c1-14-20(25)5-4-6-21(14)28-24(31)27-16-7-12-22-19(13-16)23(30)29(15(2)26-22)17-8-10-18(32-3)11-9-17/h4-13H,1-3H3,(H2,27,28,31). The van der Waals surface area contributed by atoms with Crippen molar-refractivity contribution in [1.82, 2.24) is 9.55 Å². The first-order valence-corrected chi connectivity index (χ1v) is 10.3. The molecule has 8 heteroatoms. The van der Waals surface area contributed by atoms with Gasteiger partial charge in [0.25, 0.3) is 5.56 Å². The van der Waals surface area contributed by atoms with E-state index < -0.39 is 6.03 Å². The normalized spacial score (nSPS) is 10.8. The number of rotatable bonds is 4. The first-order chi connectivity index (χ1) is 15.4. The molecule has 2 N–H and O–H groups in total. The van der Waals surface area contributed by atoms with Gasteiger partial charge in [-0.1, -0.05) is 17.7 Å². The molecule has 0 unspecified atom stereocenters. The maximum absolute atomic E-state index is 13.3. The van der Waals surface area contributed by atoms with Crippen LogP contribution in [-0.4, -0.2) is 22.7 Å². The molecule has 3 aromatic carbocycles. The lowest BCUT2D eigenvalue weighted by atomic mass is 10.2. The maximum Gasteiger partial charge on any atom is 0.323 e. The van der Waals surface area contributed by atoms with E-state index in [1.165, 1.54) is 4.57 Å². The van der Waals surface area contributed by atoms with Gasteiger partial charge < -0.3 is 15.4 Å². The van der Waals surface area contributed by atoms with Crippen LogP contribution in [0.2, 0.25) is 5.02 Å². The molecular formula is C24H21ClN4O3. The largest absolute Gasteiger partial charge is 0.497 e. The Kier molecular flexibility index (Phi) is 5.83. The summed E-state index contributed by atoms with van der Waals surface area (Å²) in [5.74, 6) is 1.25. The number of hydrogen-bond donors (Lipinski definition) is 2. The zero-order valence-corrected chi connectivity index (χ0v) is 18.5. The number of anilines is 2. The summed E-state index contributed by atoms with van der Waals surface area (Å²) in [7, 11) is 1.59. The zero-order chi connectivity index (χ0) is 22.8. The van der Waals surface area contributed by atoms with Crippen LogP contribution in [0.1, 0.15) is 11.4 Å². The van der Waals surface area contributed by atoms with Gasteiger partial charge in [-0.15, -0.1) is 0 Å². The summed E-state index contributed by atoms with van der Waals surface area (Å²) < 4.78 is 6.72. The molecule has 0 aliphatic rings. The van der Waals surface area contributed by atoms with Gasteiger partial charge in [0.1, 0.15) is 11.6 Å². The smallest absolute Gasteiger partial charge is 0.323 e. The molecule has 0 bridgehead atoms. The number of amides is 2. The van der Waals surface area contributed by atoms with Crippen LogP contribution in [0.3, 0.4) is 0 Å². The van der Waals surface area contributed by atoms with E-state index in [0.29, 0.717) is 44.6 Å². The van der Waals surface area contributed by atoms with Crippen LogP contribution >= 0.6 is 11.6 Å². The van der Waals surface area contributed by atoms with Gasteiger partial charge >= 0.3 is 6.03 Å². The van der Waals surface area contributed by atoms with Gasteiger partial charge in [0, 0.05) is 16.4 Å². The SMILES string of the molecule is COc1ccc(-n2c(C)nc3ccc(NC(=O)Nc4cccc(Cl)c4C)cc3c2=O)cc1. The third-order valence-electron chi connectivity index (χ3n) is 5.14. The number of benzene rings is 3. The van der Waals surface area contributed by atoms with Crippen LogP contribution in [0.15, 0.2) is 65.5 Å². The lowest BCUT2D eigenvalue weighted by Crippen LogP contribution is -2.23. The molecule has 4 rings (SSSR count). The molecule has 4 aromatic rings. The summed E-state index contributed by atoms with van der Waals surface area (Å²) in [5, 5.41) is 6.49. The molecule has 7 nitrogen and oxygen atoms in total. The summed E-state index contributed by atoms with van der Waals surface area (Å²) in [4.78, 5) is 30.3. The Hall–Kier alpha value is -3.84. The number of urea groups is 1. The van der Waals surface area contributed by atoms with Gasteiger partial charge in [0.2, 0.25) is 0 Å². The molecule has 0 spiro atoms. The number of aromatic nitrogens is 2. The summed E-state index contributed by atoms with van der Waals surface area (Å²) >= 11 is 6.11. The van der Waals surface area contributed by atoms with E-state index in [-0.39, 0.29) is 5.56 Å². The van der Waals surface area contributed by atoms with Crippen LogP contribution in [0, 0.1) is 13.8 Å². The van der Waals surface area contributed by atoms with Crippen molar-refractivity contribution in [2.24, 2.45) is 0 Å². The van der Waals surface area contributed by atoms with Crippen LogP contribution in [-0.2, 0) is 0 Å². The molecular weight excluding hydrogens is 428 g/mol. The Labute approximate surface area is 189 Å². The molecule has 1 heterocycles. The number of methoxy groups -OCH3 is 1. The second kappa shape index (κ2) is 8.72. The Morgan fingerprint density at radius 1 is 1.03 bits per heavy atom. The highest BCUT2D eigenvalue weighted by Gasteiger charge is 2.12. The number of hydrogen-bond acceptors (Lipinski definition) is 4.